The van der Waals surface area contributed by atoms with Gasteiger partial charge in [0.1, 0.15) is 23.6 Å². The predicted molar refractivity (Wildman–Crippen MR) is 127 cm³/mol. The van der Waals surface area contributed by atoms with E-state index in [-0.39, 0.29) is 5.60 Å². The number of rotatable bonds is 4. The summed E-state index contributed by atoms with van der Waals surface area (Å²) in [6.45, 7) is 2.09. The fourth-order valence-corrected chi connectivity index (χ4v) is 7.86. The molecule has 4 atom stereocenters. The Bertz CT molecular complexity index is 793. The molecule has 33 heavy (non-hydrogen) atoms. The lowest BCUT2D eigenvalue weighted by Crippen LogP contribution is -2.45. The lowest BCUT2D eigenvalue weighted by Gasteiger charge is -2.43. The topological polar surface area (TPSA) is 60.0 Å². The van der Waals surface area contributed by atoms with Crippen LogP contribution in [0.15, 0.2) is 24.3 Å². The molecule has 182 valence electrons. The number of benzene rings is 1. The van der Waals surface area contributed by atoms with Crippen molar-refractivity contribution in [1.29, 1.82) is 0 Å². The Morgan fingerprint density at radius 1 is 0.909 bits per heavy atom. The van der Waals surface area contributed by atoms with Gasteiger partial charge >= 0.3 is 0 Å². The molecular weight excluding hydrogens is 414 g/mol. The lowest BCUT2D eigenvalue weighted by molar-refractivity contribution is -0.394. The van der Waals surface area contributed by atoms with Gasteiger partial charge in [-0.05, 0) is 132 Å². The molecule has 3 aliphatic carbocycles. The maximum absolute atomic E-state index is 10.7. The molecule has 7 rings (SSSR count). The Morgan fingerprint density at radius 2 is 1.64 bits per heavy atom. The van der Waals surface area contributed by atoms with Crippen molar-refractivity contribution in [2.75, 3.05) is 19.7 Å². The molecule has 3 heterocycles. The summed E-state index contributed by atoms with van der Waals surface area (Å²) in [5.74, 6) is 3.90. The van der Waals surface area contributed by atoms with Crippen LogP contribution in [0.4, 0.5) is 0 Å². The molecule has 3 saturated carbocycles. The second kappa shape index (κ2) is 9.14. The standard InChI is InChI=1S/C28H41NO4/c30-27(8-10-29-11-9-27)19-31-25-5-3-23(4-6-25)24-2-1-7-28(18-24)17-22-13-20-12-21(14-22)16-26(15-20)32-33-28/h3-6,20-22,24,26,29-30H,1-2,7-19H2/t20?,21?,22?,24-,26?,28+/m1/s1. The van der Waals surface area contributed by atoms with Crippen molar-refractivity contribution < 1.29 is 19.6 Å². The Morgan fingerprint density at radius 3 is 2.39 bits per heavy atom. The van der Waals surface area contributed by atoms with Gasteiger partial charge < -0.3 is 15.2 Å². The molecule has 1 aromatic carbocycles. The number of hydrogen-bond acceptors (Lipinski definition) is 5. The molecule has 2 unspecified atom stereocenters. The van der Waals surface area contributed by atoms with Crippen molar-refractivity contribution in [2.45, 2.75) is 100 Å². The molecule has 2 N–H and O–H groups in total. The smallest absolute Gasteiger partial charge is 0.119 e. The van der Waals surface area contributed by atoms with Crippen molar-refractivity contribution in [1.82, 2.24) is 5.32 Å². The third kappa shape index (κ3) is 4.98. The Balaban J connectivity index is 1.11. The normalized spacial score (nSPS) is 40.2. The summed E-state index contributed by atoms with van der Waals surface area (Å²) in [4.78, 5) is 12.6. The van der Waals surface area contributed by atoms with Crippen LogP contribution >= 0.6 is 0 Å². The summed E-state index contributed by atoms with van der Waals surface area (Å²) < 4.78 is 5.98. The Kier molecular flexibility index (Phi) is 6.19. The van der Waals surface area contributed by atoms with Gasteiger partial charge in [-0.25, -0.2) is 9.78 Å². The molecule has 5 heteroatoms. The summed E-state index contributed by atoms with van der Waals surface area (Å²) >= 11 is 0. The number of nitrogens with one attached hydrogen (secondary N) is 1. The van der Waals surface area contributed by atoms with Gasteiger partial charge in [0.25, 0.3) is 0 Å². The Hall–Kier alpha value is -1.14. The fourth-order valence-electron chi connectivity index (χ4n) is 7.86. The third-order valence-corrected chi connectivity index (χ3v) is 9.41. The lowest BCUT2D eigenvalue weighted by atomic mass is 9.63. The van der Waals surface area contributed by atoms with E-state index in [1.165, 1.54) is 56.9 Å². The van der Waals surface area contributed by atoms with Crippen LogP contribution in [0.25, 0.3) is 0 Å². The van der Waals surface area contributed by atoms with Gasteiger partial charge in [-0.15, -0.1) is 0 Å². The van der Waals surface area contributed by atoms with Crippen LogP contribution in [0, 0.1) is 17.8 Å². The summed E-state index contributed by atoms with van der Waals surface area (Å²) in [7, 11) is 0. The maximum atomic E-state index is 10.7. The van der Waals surface area contributed by atoms with Crippen molar-refractivity contribution in [3.63, 3.8) is 0 Å². The third-order valence-electron chi connectivity index (χ3n) is 9.41. The molecule has 5 nitrogen and oxygen atoms in total. The largest absolute Gasteiger partial charge is 0.491 e. The van der Waals surface area contributed by atoms with Gasteiger partial charge in [0.05, 0.1) is 6.10 Å². The van der Waals surface area contributed by atoms with Crippen molar-refractivity contribution in [3.8, 4) is 5.75 Å². The number of hydrogen-bond donors (Lipinski definition) is 2. The van der Waals surface area contributed by atoms with Crippen molar-refractivity contribution in [2.24, 2.45) is 17.8 Å². The molecule has 0 aromatic heterocycles. The molecule has 6 fully saturated rings. The maximum Gasteiger partial charge on any atom is 0.119 e. The van der Waals surface area contributed by atoms with E-state index >= 15 is 0 Å². The van der Waals surface area contributed by atoms with Crippen LogP contribution in [-0.2, 0) is 9.78 Å². The van der Waals surface area contributed by atoms with E-state index in [4.69, 9.17) is 14.5 Å². The highest BCUT2D eigenvalue weighted by Crippen LogP contribution is 2.52. The van der Waals surface area contributed by atoms with E-state index in [2.05, 4.69) is 29.6 Å². The highest BCUT2D eigenvalue weighted by molar-refractivity contribution is 5.30. The van der Waals surface area contributed by atoms with Gasteiger partial charge in [-0.3, -0.25) is 0 Å². The molecule has 4 bridgehead atoms. The summed E-state index contributed by atoms with van der Waals surface area (Å²) in [6, 6.07) is 8.63. The molecular formula is C28H41NO4. The second-order valence-electron chi connectivity index (χ2n) is 12.1. The van der Waals surface area contributed by atoms with E-state index in [1.54, 1.807) is 0 Å². The zero-order valence-electron chi connectivity index (χ0n) is 20.0. The predicted octanol–water partition coefficient (Wildman–Crippen LogP) is 5.12. The van der Waals surface area contributed by atoms with Crippen LogP contribution in [-0.4, -0.2) is 42.1 Å². The van der Waals surface area contributed by atoms with Crippen LogP contribution < -0.4 is 10.1 Å². The van der Waals surface area contributed by atoms with E-state index in [9.17, 15) is 5.11 Å². The van der Waals surface area contributed by atoms with Crippen molar-refractivity contribution >= 4 is 0 Å². The molecule has 3 aliphatic heterocycles. The molecule has 3 saturated heterocycles. The first-order chi connectivity index (χ1) is 16.1. The second-order valence-corrected chi connectivity index (χ2v) is 12.1. The number of piperidine rings is 1. The highest BCUT2D eigenvalue weighted by atomic mass is 17.2. The minimum Gasteiger partial charge on any atom is -0.491 e. The van der Waals surface area contributed by atoms with Gasteiger partial charge in [-0.2, -0.15) is 0 Å². The zero-order valence-corrected chi connectivity index (χ0v) is 20.0. The fraction of sp³-hybridized carbons (Fsp3) is 0.786. The Labute approximate surface area is 198 Å². The van der Waals surface area contributed by atoms with Crippen LogP contribution in [0.1, 0.15) is 88.5 Å². The van der Waals surface area contributed by atoms with Gasteiger partial charge in [0.2, 0.25) is 0 Å². The average Bonchev–Trinajstić information content (AvgIpc) is 2.89. The van der Waals surface area contributed by atoms with Crippen LogP contribution in [0.5, 0.6) is 5.75 Å². The number of ether oxygens (including phenoxy) is 1. The van der Waals surface area contributed by atoms with Gasteiger partial charge in [-0.1, -0.05) is 12.1 Å². The average molecular weight is 456 g/mol. The minimum atomic E-state index is -0.702. The molecule has 0 amide bonds. The van der Waals surface area contributed by atoms with Crippen LogP contribution in [0.2, 0.25) is 0 Å². The first-order valence-corrected chi connectivity index (χ1v) is 13.6. The van der Waals surface area contributed by atoms with Crippen LogP contribution in [0.3, 0.4) is 0 Å². The zero-order chi connectivity index (χ0) is 22.3. The quantitative estimate of drug-likeness (QED) is 0.617. The minimum absolute atomic E-state index is 0.111. The summed E-state index contributed by atoms with van der Waals surface area (Å²) in [6.07, 6.45) is 14.2. The van der Waals surface area contributed by atoms with E-state index < -0.39 is 5.60 Å². The SMILES string of the molecule is OC1(COc2ccc([C@@H]3CCC[C@]4(CC5CC6CC(C5)CC(C6)OO4)C3)cc2)CCNCC1. The number of fused-ring (bicyclic) bond motifs is 1. The van der Waals surface area contributed by atoms with Gasteiger partial charge in [0, 0.05) is 0 Å². The first-order valence-electron chi connectivity index (χ1n) is 13.6. The van der Waals surface area contributed by atoms with E-state index in [0.29, 0.717) is 18.6 Å². The first kappa shape index (κ1) is 22.3. The van der Waals surface area contributed by atoms with Gasteiger partial charge in [0.15, 0.2) is 0 Å². The highest BCUT2D eigenvalue weighted by Gasteiger charge is 2.47. The summed E-state index contributed by atoms with van der Waals surface area (Å²) in [5, 5.41) is 14.0. The number of aliphatic hydroxyl groups is 1. The summed E-state index contributed by atoms with van der Waals surface area (Å²) in [5.41, 5.74) is 0.573. The van der Waals surface area contributed by atoms with E-state index in [1.807, 2.05) is 0 Å². The molecule has 6 aliphatic rings. The molecule has 0 radical (unpaired) electrons. The van der Waals surface area contributed by atoms with Crippen molar-refractivity contribution in [3.05, 3.63) is 29.8 Å². The molecule has 1 spiro atoms. The monoisotopic (exact) mass is 455 g/mol. The van der Waals surface area contributed by atoms with E-state index in [0.717, 1.165) is 62.3 Å². The molecule has 1 aromatic rings.